The lowest BCUT2D eigenvalue weighted by atomic mass is 10.2. The van der Waals surface area contributed by atoms with Gasteiger partial charge in [0.15, 0.2) is 0 Å². The monoisotopic (exact) mass is 211 g/mol. The van der Waals surface area contributed by atoms with E-state index in [4.69, 9.17) is 0 Å². The molecule has 0 aromatic heterocycles. The van der Waals surface area contributed by atoms with Gasteiger partial charge in [-0.25, -0.2) is 13.1 Å². The molecule has 1 fully saturated rings. The molecule has 1 saturated heterocycles. The number of hydrogen-bond donors (Lipinski definition) is 1. The zero-order valence-electron chi connectivity index (χ0n) is 6.95. The van der Waals surface area contributed by atoms with Crippen LogP contribution in [-0.2, 0) is 20.8 Å². The Balaban J connectivity index is 2.41. The summed E-state index contributed by atoms with van der Waals surface area (Å²) in [5.41, 5.74) is 0. The molecule has 0 saturated carbocycles. The molecule has 1 aliphatic heterocycles. The molecule has 0 aromatic carbocycles. The Kier molecular flexibility index (Phi) is 3.25. The van der Waals surface area contributed by atoms with Gasteiger partial charge in [-0.1, -0.05) is 0 Å². The smallest absolute Gasteiger partial charge is 0.208 e. The van der Waals surface area contributed by atoms with Crippen LogP contribution in [0.5, 0.6) is 0 Å². The number of hydrogen-bond acceptors (Lipinski definition) is 3. The summed E-state index contributed by atoms with van der Waals surface area (Å²) in [6, 6.07) is -0.00213. The minimum atomic E-state index is -3.09. The summed E-state index contributed by atoms with van der Waals surface area (Å²) in [7, 11) is -3.81. The maximum atomic E-state index is 10.9. The highest BCUT2D eigenvalue weighted by atomic mass is 32.2. The first-order chi connectivity index (χ1) is 5.47. The first-order valence-corrected chi connectivity index (χ1v) is 7.17. The first-order valence-electron chi connectivity index (χ1n) is 3.79. The average Bonchev–Trinajstić information content (AvgIpc) is 1.91. The lowest BCUT2D eigenvalue weighted by Gasteiger charge is -2.21. The van der Waals surface area contributed by atoms with Crippen molar-refractivity contribution in [3.8, 4) is 0 Å². The fourth-order valence-corrected chi connectivity index (χ4v) is 3.35. The van der Waals surface area contributed by atoms with Gasteiger partial charge in [-0.3, -0.25) is 4.21 Å². The van der Waals surface area contributed by atoms with Gasteiger partial charge < -0.3 is 0 Å². The van der Waals surface area contributed by atoms with Crippen molar-refractivity contribution in [2.45, 2.75) is 18.9 Å². The van der Waals surface area contributed by atoms with Crippen LogP contribution in [0.3, 0.4) is 0 Å². The largest absolute Gasteiger partial charge is 0.260 e. The molecule has 1 N–H and O–H groups in total. The predicted molar refractivity (Wildman–Crippen MR) is 48.9 cm³/mol. The molecule has 0 unspecified atom stereocenters. The average molecular weight is 211 g/mol. The van der Waals surface area contributed by atoms with E-state index in [0.717, 1.165) is 6.26 Å². The Bertz CT molecular complexity index is 263. The second-order valence-corrected chi connectivity index (χ2v) is 6.49. The summed E-state index contributed by atoms with van der Waals surface area (Å²) in [5.74, 6) is 1.24. The van der Waals surface area contributed by atoms with Gasteiger partial charge in [-0.2, -0.15) is 0 Å². The fraction of sp³-hybridized carbons (Fsp3) is 1.00. The molecule has 0 aliphatic carbocycles. The summed E-state index contributed by atoms with van der Waals surface area (Å²) >= 11 is 0. The van der Waals surface area contributed by atoms with Crippen molar-refractivity contribution in [2.75, 3.05) is 17.8 Å². The normalized spacial score (nSPS) is 31.8. The van der Waals surface area contributed by atoms with Gasteiger partial charge in [0.1, 0.15) is 0 Å². The van der Waals surface area contributed by atoms with E-state index < -0.39 is 20.8 Å². The Morgan fingerprint density at radius 3 is 2.25 bits per heavy atom. The quantitative estimate of drug-likeness (QED) is 0.666. The van der Waals surface area contributed by atoms with Crippen LogP contribution in [0, 0.1) is 0 Å². The maximum absolute atomic E-state index is 10.9. The topological polar surface area (TPSA) is 63.2 Å². The van der Waals surface area contributed by atoms with Crippen molar-refractivity contribution in [3.63, 3.8) is 0 Å². The van der Waals surface area contributed by atoms with Crippen LogP contribution in [0.4, 0.5) is 0 Å². The third-order valence-electron chi connectivity index (χ3n) is 1.77. The predicted octanol–water partition coefficient (Wildman–Crippen LogP) is -0.553. The Morgan fingerprint density at radius 1 is 1.33 bits per heavy atom. The first kappa shape index (κ1) is 10.1. The lowest BCUT2D eigenvalue weighted by Crippen LogP contribution is -2.38. The highest BCUT2D eigenvalue weighted by molar-refractivity contribution is 7.88. The van der Waals surface area contributed by atoms with Crippen LogP contribution in [0.2, 0.25) is 0 Å². The van der Waals surface area contributed by atoms with Gasteiger partial charge in [-0.15, -0.1) is 0 Å². The van der Waals surface area contributed by atoms with E-state index >= 15 is 0 Å². The molecule has 1 aliphatic rings. The molecule has 0 bridgehead atoms. The van der Waals surface area contributed by atoms with Gasteiger partial charge in [-0.05, 0) is 12.8 Å². The Hall–Kier alpha value is 0.0600. The summed E-state index contributed by atoms with van der Waals surface area (Å²) in [6.07, 6.45) is 2.54. The van der Waals surface area contributed by atoms with Gasteiger partial charge in [0.05, 0.1) is 6.26 Å². The van der Waals surface area contributed by atoms with E-state index in [1.165, 1.54) is 0 Å². The van der Waals surface area contributed by atoms with E-state index in [-0.39, 0.29) is 6.04 Å². The van der Waals surface area contributed by atoms with E-state index in [9.17, 15) is 12.6 Å². The molecular formula is C6H13NO3S2. The van der Waals surface area contributed by atoms with Crippen LogP contribution >= 0.6 is 0 Å². The minimum Gasteiger partial charge on any atom is -0.260 e. The SMILES string of the molecule is CS(=O)(=O)NC1CCS(=O)CC1. The summed E-state index contributed by atoms with van der Waals surface area (Å²) in [5, 5.41) is 0. The summed E-state index contributed by atoms with van der Waals surface area (Å²) in [4.78, 5) is 0. The zero-order chi connectivity index (χ0) is 9.19. The summed E-state index contributed by atoms with van der Waals surface area (Å²) < 4.78 is 35.0. The van der Waals surface area contributed by atoms with Gasteiger partial charge >= 0.3 is 0 Å². The maximum Gasteiger partial charge on any atom is 0.208 e. The molecule has 72 valence electrons. The molecule has 6 heteroatoms. The highest BCUT2D eigenvalue weighted by Gasteiger charge is 2.20. The third-order valence-corrected chi connectivity index (χ3v) is 3.91. The van der Waals surface area contributed by atoms with Crippen molar-refractivity contribution < 1.29 is 12.6 Å². The molecular weight excluding hydrogens is 198 g/mol. The molecule has 0 aromatic rings. The molecule has 0 radical (unpaired) electrons. The van der Waals surface area contributed by atoms with Crippen molar-refractivity contribution in [1.29, 1.82) is 0 Å². The molecule has 4 nitrogen and oxygen atoms in total. The van der Waals surface area contributed by atoms with E-state index in [1.54, 1.807) is 0 Å². The van der Waals surface area contributed by atoms with Crippen molar-refractivity contribution in [1.82, 2.24) is 4.72 Å². The number of nitrogens with one attached hydrogen (secondary N) is 1. The molecule has 0 amide bonds. The standard InChI is InChI=1S/C6H13NO3S2/c1-12(9,10)7-6-2-4-11(8)5-3-6/h6-7H,2-5H2,1H3. The Morgan fingerprint density at radius 2 is 1.83 bits per heavy atom. The van der Waals surface area contributed by atoms with Gasteiger partial charge in [0.2, 0.25) is 10.0 Å². The molecule has 0 atom stereocenters. The van der Waals surface area contributed by atoms with Crippen LogP contribution in [0.1, 0.15) is 12.8 Å². The molecule has 1 heterocycles. The highest BCUT2D eigenvalue weighted by Crippen LogP contribution is 2.09. The van der Waals surface area contributed by atoms with Crippen molar-refractivity contribution in [2.24, 2.45) is 0 Å². The van der Waals surface area contributed by atoms with Crippen LogP contribution < -0.4 is 4.72 Å². The van der Waals surface area contributed by atoms with Crippen LogP contribution in [0.15, 0.2) is 0 Å². The molecule has 1 rings (SSSR count). The van der Waals surface area contributed by atoms with Crippen LogP contribution in [0.25, 0.3) is 0 Å². The van der Waals surface area contributed by atoms with Crippen molar-refractivity contribution >= 4 is 20.8 Å². The number of sulfonamides is 1. The fourth-order valence-electron chi connectivity index (χ4n) is 1.21. The van der Waals surface area contributed by atoms with Crippen LogP contribution in [-0.4, -0.2) is 36.4 Å². The third kappa shape index (κ3) is 3.64. The molecule has 12 heavy (non-hydrogen) atoms. The second-order valence-electron chi connectivity index (χ2n) is 3.01. The van der Waals surface area contributed by atoms with Gasteiger partial charge in [0, 0.05) is 28.3 Å². The minimum absolute atomic E-state index is 0.00213. The summed E-state index contributed by atoms with van der Waals surface area (Å²) in [6.45, 7) is 0. The van der Waals surface area contributed by atoms with Gasteiger partial charge in [0.25, 0.3) is 0 Å². The lowest BCUT2D eigenvalue weighted by molar-refractivity contribution is 0.525. The molecule has 0 spiro atoms. The van der Waals surface area contributed by atoms with E-state index in [1.807, 2.05) is 0 Å². The zero-order valence-corrected chi connectivity index (χ0v) is 8.58. The van der Waals surface area contributed by atoms with E-state index in [2.05, 4.69) is 4.72 Å². The Labute approximate surface area is 75.2 Å². The second kappa shape index (κ2) is 3.85. The van der Waals surface area contributed by atoms with E-state index in [0.29, 0.717) is 24.3 Å². The number of rotatable bonds is 2. The van der Waals surface area contributed by atoms with Crippen molar-refractivity contribution in [3.05, 3.63) is 0 Å².